The summed E-state index contributed by atoms with van der Waals surface area (Å²) in [6, 6.07) is 9.96. The summed E-state index contributed by atoms with van der Waals surface area (Å²) >= 11 is 0. The Morgan fingerprint density at radius 3 is 2.52 bits per heavy atom. The van der Waals surface area contributed by atoms with Gasteiger partial charge in [-0.3, -0.25) is 4.79 Å². The van der Waals surface area contributed by atoms with Crippen LogP contribution in [0.4, 0.5) is 17.2 Å². The summed E-state index contributed by atoms with van der Waals surface area (Å²) in [4.78, 5) is 15.9. The van der Waals surface area contributed by atoms with Crippen molar-refractivity contribution in [2.75, 3.05) is 10.6 Å². The molecular formula is C17H21N3O. The van der Waals surface area contributed by atoms with Gasteiger partial charge in [-0.2, -0.15) is 0 Å². The summed E-state index contributed by atoms with van der Waals surface area (Å²) in [5, 5.41) is 6.12. The van der Waals surface area contributed by atoms with Crippen LogP contribution in [-0.4, -0.2) is 10.9 Å². The van der Waals surface area contributed by atoms with E-state index in [-0.39, 0.29) is 11.8 Å². The second-order valence-electron chi connectivity index (χ2n) is 5.52. The van der Waals surface area contributed by atoms with Crippen LogP contribution in [0.2, 0.25) is 0 Å². The van der Waals surface area contributed by atoms with E-state index in [9.17, 15) is 4.79 Å². The van der Waals surface area contributed by atoms with Crippen molar-refractivity contribution in [3.8, 4) is 0 Å². The summed E-state index contributed by atoms with van der Waals surface area (Å²) in [6.45, 7) is 7.83. The number of carbonyl (C=O) groups is 1. The van der Waals surface area contributed by atoms with Gasteiger partial charge in [0.15, 0.2) is 0 Å². The first kappa shape index (κ1) is 15.0. The van der Waals surface area contributed by atoms with E-state index < -0.39 is 0 Å². The third-order valence-electron chi connectivity index (χ3n) is 3.21. The lowest BCUT2D eigenvalue weighted by molar-refractivity contribution is -0.118. The lowest BCUT2D eigenvalue weighted by Gasteiger charge is -2.11. The molecule has 1 aromatic carbocycles. The first-order chi connectivity index (χ1) is 9.95. The Morgan fingerprint density at radius 2 is 1.90 bits per heavy atom. The smallest absolute Gasteiger partial charge is 0.226 e. The Kier molecular flexibility index (Phi) is 4.58. The van der Waals surface area contributed by atoms with Gasteiger partial charge >= 0.3 is 0 Å². The maximum absolute atomic E-state index is 11.6. The molecular weight excluding hydrogens is 262 g/mol. The van der Waals surface area contributed by atoms with Crippen LogP contribution in [0.25, 0.3) is 0 Å². The Morgan fingerprint density at radius 1 is 1.14 bits per heavy atom. The molecule has 2 aromatic rings. The highest BCUT2D eigenvalue weighted by molar-refractivity contribution is 5.91. The molecule has 1 aromatic heterocycles. The highest BCUT2D eigenvalue weighted by atomic mass is 16.1. The highest BCUT2D eigenvalue weighted by Crippen LogP contribution is 2.21. The Bertz CT molecular complexity index is 633. The summed E-state index contributed by atoms with van der Waals surface area (Å²) in [6.07, 6.45) is 1.66. The molecule has 0 aliphatic carbocycles. The number of nitrogens with zero attached hydrogens (tertiary/aromatic N) is 1. The molecule has 0 spiro atoms. The predicted molar refractivity (Wildman–Crippen MR) is 86.9 cm³/mol. The SMILES string of the molecule is Cc1ccc(C)c(Nc2ccc(NC(=O)C(C)C)cn2)c1. The number of rotatable bonds is 4. The molecule has 0 fully saturated rings. The summed E-state index contributed by atoms with van der Waals surface area (Å²) < 4.78 is 0. The predicted octanol–water partition coefficient (Wildman–Crippen LogP) is 4.04. The molecule has 0 atom stereocenters. The normalized spacial score (nSPS) is 10.5. The minimum atomic E-state index is -0.0438. The van der Waals surface area contributed by atoms with Crippen molar-refractivity contribution in [1.29, 1.82) is 0 Å². The van der Waals surface area contributed by atoms with Gasteiger partial charge in [0.25, 0.3) is 0 Å². The molecule has 0 aliphatic rings. The fraction of sp³-hybridized carbons (Fsp3) is 0.294. The van der Waals surface area contributed by atoms with Crippen LogP contribution in [-0.2, 0) is 4.79 Å². The van der Waals surface area contributed by atoms with Crippen LogP contribution in [0.1, 0.15) is 25.0 Å². The molecule has 0 unspecified atom stereocenters. The average Bonchev–Trinajstić information content (AvgIpc) is 2.45. The largest absolute Gasteiger partial charge is 0.340 e. The van der Waals surface area contributed by atoms with E-state index in [4.69, 9.17) is 0 Å². The van der Waals surface area contributed by atoms with Gasteiger partial charge < -0.3 is 10.6 Å². The lowest BCUT2D eigenvalue weighted by Crippen LogP contribution is -2.17. The van der Waals surface area contributed by atoms with Crippen LogP contribution in [0.5, 0.6) is 0 Å². The van der Waals surface area contributed by atoms with Crippen molar-refractivity contribution in [2.45, 2.75) is 27.7 Å². The van der Waals surface area contributed by atoms with E-state index in [1.165, 1.54) is 11.1 Å². The fourth-order valence-electron chi connectivity index (χ4n) is 1.84. The van der Waals surface area contributed by atoms with E-state index in [0.717, 1.165) is 11.5 Å². The standard InChI is InChI=1S/C17H21N3O/c1-11(2)17(21)19-14-7-8-16(18-10-14)20-15-9-12(3)5-6-13(15)4/h5-11H,1-4H3,(H,18,20)(H,19,21). The minimum absolute atomic E-state index is 0.00737. The van der Waals surface area contributed by atoms with Gasteiger partial charge in [-0.05, 0) is 43.2 Å². The van der Waals surface area contributed by atoms with Crippen molar-refractivity contribution < 1.29 is 4.79 Å². The monoisotopic (exact) mass is 283 g/mol. The van der Waals surface area contributed by atoms with Crippen LogP contribution in [0.3, 0.4) is 0 Å². The summed E-state index contributed by atoms with van der Waals surface area (Å²) in [5.41, 5.74) is 4.12. The van der Waals surface area contributed by atoms with Gasteiger partial charge in [0, 0.05) is 11.6 Å². The molecule has 1 heterocycles. The molecule has 0 bridgehead atoms. The molecule has 0 saturated carbocycles. The first-order valence-corrected chi connectivity index (χ1v) is 7.07. The van der Waals surface area contributed by atoms with Crippen molar-refractivity contribution in [3.63, 3.8) is 0 Å². The molecule has 4 heteroatoms. The van der Waals surface area contributed by atoms with E-state index in [2.05, 4.69) is 47.7 Å². The summed E-state index contributed by atoms with van der Waals surface area (Å²) in [7, 11) is 0. The number of carbonyl (C=O) groups excluding carboxylic acids is 1. The zero-order valence-corrected chi connectivity index (χ0v) is 12.9. The third kappa shape index (κ3) is 4.05. The molecule has 110 valence electrons. The van der Waals surface area contributed by atoms with Crippen LogP contribution in [0, 0.1) is 19.8 Å². The molecule has 0 aliphatic heterocycles. The van der Waals surface area contributed by atoms with Crippen molar-refractivity contribution in [3.05, 3.63) is 47.7 Å². The van der Waals surface area contributed by atoms with E-state index in [1.807, 2.05) is 26.0 Å². The quantitative estimate of drug-likeness (QED) is 0.890. The van der Waals surface area contributed by atoms with Gasteiger partial charge in [0.2, 0.25) is 5.91 Å². The molecule has 0 radical (unpaired) electrons. The van der Waals surface area contributed by atoms with Gasteiger partial charge in [-0.1, -0.05) is 26.0 Å². The number of pyridine rings is 1. The molecule has 2 N–H and O–H groups in total. The van der Waals surface area contributed by atoms with Gasteiger partial charge in [0.1, 0.15) is 5.82 Å². The number of amides is 1. The topological polar surface area (TPSA) is 54.0 Å². The Balaban J connectivity index is 2.09. The number of hydrogen-bond donors (Lipinski definition) is 2. The maximum Gasteiger partial charge on any atom is 0.226 e. The Hall–Kier alpha value is -2.36. The molecule has 2 rings (SSSR count). The zero-order valence-electron chi connectivity index (χ0n) is 12.9. The second-order valence-corrected chi connectivity index (χ2v) is 5.52. The molecule has 1 amide bonds. The molecule has 21 heavy (non-hydrogen) atoms. The zero-order chi connectivity index (χ0) is 15.4. The number of anilines is 3. The minimum Gasteiger partial charge on any atom is -0.340 e. The second kappa shape index (κ2) is 6.39. The van der Waals surface area contributed by atoms with E-state index in [1.54, 1.807) is 6.20 Å². The Labute approximate surface area is 125 Å². The first-order valence-electron chi connectivity index (χ1n) is 7.07. The highest BCUT2D eigenvalue weighted by Gasteiger charge is 2.07. The summed E-state index contributed by atoms with van der Waals surface area (Å²) in [5.74, 6) is 0.705. The van der Waals surface area contributed by atoms with Crippen LogP contribution < -0.4 is 10.6 Å². The number of aryl methyl sites for hydroxylation is 2. The van der Waals surface area contributed by atoms with E-state index >= 15 is 0 Å². The van der Waals surface area contributed by atoms with Gasteiger partial charge in [-0.15, -0.1) is 0 Å². The average molecular weight is 283 g/mol. The van der Waals surface area contributed by atoms with Crippen molar-refractivity contribution in [2.24, 2.45) is 5.92 Å². The fourth-order valence-corrected chi connectivity index (χ4v) is 1.84. The number of nitrogens with one attached hydrogen (secondary N) is 2. The van der Waals surface area contributed by atoms with Gasteiger partial charge in [-0.25, -0.2) is 4.98 Å². The van der Waals surface area contributed by atoms with E-state index in [0.29, 0.717) is 5.69 Å². The maximum atomic E-state index is 11.6. The lowest BCUT2D eigenvalue weighted by atomic mass is 10.1. The number of benzene rings is 1. The van der Waals surface area contributed by atoms with Crippen LogP contribution in [0.15, 0.2) is 36.5 Å². The van der Waals surface area contributed by atoms with Crippen LogP contribution >= 0.6 is 0 Å². The van der Waals surface area contributed by atoms with Gasteiger partial charge in [0.05, 0.1) is 11.9 Å². The number of aromatic nitrogens is 1. The molecule has 4 nitrogen and oxygen atoms in total. The van der Waals surface area contributed by atoms with Crippen molar-refractivity contribution in [1.82, 2.24) is 4.98 Å². The molecule has 0 saturated heterocycles. The van der Waals surface area contributed by atoms with Crippen molar-refractivity contribution >= 4 is 23.1 Å². The number of hydrogen-bond acceptors (Lipinski definition) is 3. The third-order valence-corrected chi connectivity index (χ3v) is 3.21.